The van der Waals surface area contributed by atoms with Gasteiger partial charge >= 0.3 is 41.8 Å². The molecule has 0 bridgehead atoms. The normalized spacial score (nSPS) is 16.9. The van der Waals surface area contributed by atoms with Crippen molar-refractivity contribution in [2.45, 2.75) is 180 Å². The van der Waals surface area contributed by atoms with Crippen molar-refractivity contribution in [1.82, 2.24) is 0 Å². The Balaban J connectivity index is 0.00000154. The van der Waals surface area contributed by atoms with Gasteiger partial charge in [0.15, 0.2) is 0 Å². The molecule has 2 nitrogen and oxygen atoms in total. The van der Waals surface area contributed by atoms with E-state index in [1.165, 1.54) is 110 Å². The van der Waals surface area contributed by atoms with Crippen LogP contribution in [-0.2, 0) is 12.3 Å². The average Bonchev–Trinajstić information content (AvgIpc) is 3.78. The molecule has 0 N–H and O–H groups in total. The summed E-state index contributed by atoms with van der Waals surface area (Å²) in [5, 5.41) is 0. The molecule has 0 aromatic heterocycles. The van der Waals surface area contributed by atoms with Gasteiger partial charge in [-0.1, -0.05) is 162 Å². The molecule has 2 aromatic rings. The van der Waals surface area contributed by atoms with E-state index in [1.807, 2.05) is 0 Å². The van der Waals surface area contributed by atoms with Crippen molar-refractivity contribution in [3.63, 3.8) is 0 Å². The van der Waals surface area contributed by atoms with Crippen LogP contribution in [0.3, 0.4) is 0 Å². The van der Waals surface area contributed by atoms with E-state index in [-0.39, 0.29) is 0 Å². The van der Waals surface area contributed by atoms with Gasteiger partial charge in [0.05, 0.1) is 30.9 Å². The molecule has 0 spiro atoms. The van der Waals surface area contributed by atoms with Crippen LogP contribution in [-0.4, -0.2) is 19.5 Å². The van der Waals surface area contributed by atoms with Crippen molar-refractivity contribution >= 4 is 60.4 Å². The number of para-hydroxylation sites is 2. The van der Waals surface area contributed by atoms with Crippen molar-refractivity contribution < 1.29 is 12.3 Å². The third-order valence-electron chi connectivity index (χ3n) is 11.6. The average molecular weight is 784 g/mol. The van der Waals surface area contributed by atoms with Crippen molar-refractivity contribution in [2.24, 2.45) is 9.98 Å². The van der Waals surface area contributed by atoms with Gasteiger partial charge in [0, 0.05) is 0 Å². The Bertz CT molecular complexity index is 1300. The van der Waals surface area contributed by atoms with Gasteiger partial charge in [-0.15, -0.1) is 0 Å². The minimum absolute atomic E-state index is 0.429. The molecule has 0 unspecified atom stereocenters. The monoisotopic (exact) mass is 782 g/mol. The Morgan fingerprint density at radius 3 is 1.35 bits per heavy atom. The summed E-state index contributed by atoms with van der Waals surface area (Å²) in [4.78, 5) is 11.1. The molecular formula is C42H66Cl3N2SiV. The fourth-order valence-electron chi connectivity index (χ4n) is 8.68. The molecule has 4 rings (SSSR count). The molecule has 2 aliphatic rings. The molecule has 7 heteroatoms. The minimum atomic E-state index is -1.77. The zero-order chi connectivity index (χ0) is 36.3. The number of unbranched alkanes of at least 4 members (excludes halogenated alkanes) is 1. The predicted octanol–water partition coefficient (Wildman–Crippen LogP) is 16.2. The van der Waals surface area contributed by atoms with Gasteiger partial charge in [-0.3, -0.25) is 9.98 Å². The van der Waals surface area contributed by atoms with Crippen LogP contribution < -0.4 is 0 Å². The number of nitrogens with zero attached hydrogens (tertiary/aromatic N) is 2. The summed E-state index contributed by atoms with van der Waals surface area (Å²) < 4.78 is 0. The summed E-state index contributed by atoms with van der Waals surface area (Å²) in [5.41, 5.74) is 12.2. The first kappa shape index (κ1) is 42.9. The summed E-state index contributed by atoms with van der Waals surface area (Å²) in [7, 11) is 13.6. The molecule has 0 aliphatic heterocycles. The van der Waals surface area contributed by atoms with Crippen LogP contribution in [0.15, 0.2) is 46.4 Å². The van der Waals surface area contributed by atoms with Crippen LogP contribution in [0.25, 0.3) is 0 Å². The zero-order valence-electron chi connectivity index (χ0n) is 32.4. The number of benzene rings is 2. The molecule has 0 amide bonds. The Labute approximate surface area is 319 Å². The van der Waals surface area contributed by atoms with Crippen LogP contribution >= 0.6 is 29.5 Å². The predicted molar refractivity (Wildman–Crippen MR) is 221 cm³/mol. The first-order valence-electron chi connectivity index (χ1n) is 19.3. The molecule has 2 aromatic carbocycles. The van der Waals surface area contributed by atoms with E-state index >= 15 is 0 Å². The summed E-state index contributed by atoms with van der Waals surface area (Å²) >= 11 is -1.77. The van der Waals surface area contributed by atoms with E-state index in [9.17, 15) is 0 Å². The van der Waals surface area contributed by atoms with Crippen LogP contribution in [0.2, 0.25) is 23.7 Å². The van der Waals surface area contributed by atoms with Gasteiger partial charge in [0.2, 0.25) is 0 Å². The van der Waals surface area contributed by atoms with Crippen LogP contribution in [0.4, 0.5) is 11.4 Å². The van der Waals surface area contributed by atoms with Crippen LogP contribution in [0.5, 0.6) is 0 Å². The van der Waals surface area contributed by atoms with E-state index in [2.05, 4.69) is 105 Å². The van der Waals surface area contributed by atoms with Crippen molar-refractivity contribution in [3.8, 4) is 0 Å². The van der Waals surface area contributed by atoms with Crippen LogP contribution in [0.1, 0.15) is 179 Å². The van der Waals surface area contributed by atoms with Gasteiger partial charge in [-0.2, -0.15) is 0 Å². The fourth-order valence-corrected chi connectivity index (χ4v) is 14.6. The molecule has 0 saturated heterocycles. The summed E-state index contributed by atoms with van der Waals surface area (Å²) in [5.74, 6) is 1.72. The Morgan fingerprint density at radius 2 is 1.00 bits per heavy atom. The summed E-state index contributed by atoms with van der Waals surface area (Å²) in [6.45, 7) is 23.5. The molecule has 0 heterocycles. The first-order chi connectivity index (χ1) is 23.2. The van der Waals surface area contributed by atoms with E-state index in [0.717, 1.165) is 23.2 Å². The third kappa shape index (κ3) is 12.3. The van der Waals surface area contributed by atoms with Crippen LogP contribution in [0, 0.1) is 0 Å². The zero-order valence-corrected chi connectivity index (χ0v) is 37.1. The van der Waals surface area contributed by atoms with E-state index in [4.69, 9.17) is 39.5 Å². The molecule has 2 aliphatic carbocycles. The van der Waals surface area contributed by atoms with Crippen molar-refractivity contribution in [3.05, 3.63) is 58.7 Å². The molecule has 0 atom stereocenters. The van der Waals surface area contributed by atoms with Gasteiger partial charge < -0.3 is 0 Å². The Kier molecular flexibility index (Phi) is 18.0. The number of hydrogen-bond acceptors (Lipinski definition) is 2. The quantitative estimate of drug-likeness (QED) is 0.104. The molecular weight excluding hydrogens is 718 g/mol. The SMILES string of the molecule is CC(=Nc1c(C(C)C)cccc1C(C)C)C(CCCC[Si](C)(C1CCCC1)C1CCCC1)=Nc1c(C(C)C)cccc1C(C)C.[Cl][V]([Cl])[Cl]. The second-order valence-corrected chi connectivity index (χ2v) is 28.4. The van der Waals surface area contributed by atoms with Gasteiger partial charge in [-0.05, 0) is 76.8 Å². The molecule has 2 fully saturated rings. The number of hydrogen-bond donors (Lipinski definition) is 0. The first-order valence-corrected chi connectivity index (χ1v) is 28.0. The number of rotatable bonds is 14. The maximum absolute atomic E-state index is 5.63. The fraction of sp³-hybridized carbons (Fsp3) is 0.667. The molecule has 2 saturated carbocycles. The summed E-state index contributed by atoms with van der Waals surface area (Å²) in [6.07, 6.45) is 15.6. The van der Waals surface area contributed by atoms with E-state index in [0.29, 0.717) is 23.7 Å². The molecule has 0 radical (unpaired) electrons. The molecule has 49 heavy (non-hydrogen) atoms. The Hall–Kier alpha value is -0.549. The van der Waals surface area contributed by atoms with Crippen molar-refractivity contribution in [1.29, 1.82) is 0 Å². The third-order valence-corrected chi connectivity index (χ3v) is 17.9. The number of aliphatic imine (C=N–C) groups is 2. The summed E-state index contributed by atoms with van der Waals surface area (Å²) in [6, 6.07) is 15.1. The topological polar surface area (TPSA) is 24.7 Å². The standard InChI is InChI=1S/C42H66N2Si.3ClH.V/c1-29(2)36-23-17-24-37(30(3)4)41(36)43-33(9)40(44-42-38(31(5)6)25-18-26-39(42)32(7)8)27-15-16-28-45(10,34-19-11-12-20-34)35-21-13-14-22-35;;;;/h17-18,23-26,29-32,34-35H,11-16,19-22,27-28H2,1-10H3;3*1H;/q;;;;+3/p-3. The van der Waals surface area contributed by atoms with E-state index < -0.39 is 20.4 Å². The second kappa shape index (κ2) is 20.6. The molecule has 274 valence electrons. The second-order valence-electron chi connectivity index (χ2n) is 16.3. The Morgan fingerprint density at radius 1 is 0.653 bits per heavy atom. The maximum atomic E-state index is 5.63. The van der Waals surface area contributed by atoms with Crippen molar-refractivity contribution in [2.75, 3.05) is 0 Å². The number of halogens is 3. The van der Waals surface area contributed by atoms with Gasteiger partial charge in [0.25, 0.3) is 0 Å². The van der Waals surface area contributed by atoms with Gasteiger partial charge in [-0.25, -0.2) is 0 Å². The van der Waals surface area contributed by atoms with E-state index in [1.54, 1.807) is 0 Å². The van der Waals surface area contributed by atoms with Gasteiger partial charge in [0.1, 0.15) is 0 Å².